The molecule has 1 aliphatic carbocycles. The van der Waals surface area contributed by atoms with Crippen LogP contribution in [0.15, 0.2) is 30.3 Å². The predicted octanol–water partition coefficient (Wildman–Crippen LogP) is 3.36. The molecule has 1 aliphatic heterocycles. The lowest BCUT2D eigenvalue weighted by molar-refractivity contribution is -0.122. The van der Waals surface area contributed by atoms with E-state index in [1.54, 1.807) is 26.4 Å². The van der Waals surface area contributed by atoms with Gasteiger partial charge in [0.05, 0.1) is 21.4 Å². The third-order valence-electron chi connectivity index (χ3n) is 6.69. The van der Waals surface area contributed by atoms with E-state index in [1.807, 2.05) is 6.07 Å². The van der Waals surface area contributed by atoms with Crippen molar-refractivity contribution in [2.45, 2.75) is 43.4 Å². The van der Waals surface area contributed by atoms with E-state index in [0.717, 1.165) is 31.6 Å². The maximum atomic E-state index is 13.7. The first-order valence-corrected chi connectivity index (χ1v) is 12.3. The van der Waals surface area contributed by atoms with Crippen molar-refractivity contribution in [3.05, 3.63) is 50.7 Å². The molecule has 2 N–H and O–H groups in total. The Kier molecular flexibility index (Phi) is 7.40. The molecule has 2 heterocycles. The summed E-state index contributed by atoms with van der Waals surface area (Å²) >= 11 is 7.19. The highest BCUT2D eigenvalue weighted by atomic mass is 35.5. The Labute approximate surface area is 203 Å². The fourth-order valence-electron chi connectivity index (χ4n) is 4.73. The van der Waals surface area contributed by atoms with Crippen LogP contribution in [0.25, 0.3) is 0 Å². The van der Waals surface area contributed by atoms with Crippen LogP contribution in [0.4, 0.5) is 5.69 Å². The minimum Gasteiger partial charge on any atom is -0.379 e. The number of likely N-dealkylation sites (N-methyl/N-ethyl adjacent to an activating group) is 1. The van der Waals surface area contributed by atoms with Crippen LogP contribution >= 0.6 is 22.9 Å². The van der Waals surface area contributed by atoms with Crippen LogP contribution in [0, 0.1) is 0 Å². The van der Waals surface area contributed by atoms with Crippen molar-refractivity contribution in [3.63, 3.8) is 0 Å². The monoisotopic (exact) mass is 491 g/mol. The van der Waals surface area contributed by atoms with Gasteiger partial charge in [-0.2, -0.15) is 0 Å². The molecule has 1 fully saturated rings. The highest BCUT2D eigenvalue weighted by Gasteiger charge is 2.52. The van der Waals surface area contributed by atoms with Gasteiger partial charge in [-0.25, -0.2) is 0 Å². The van der Waals surface area contributed by atoms with Gasteiger partial charge in [0.15, 0.2) is 0 Å². The third-order valence-corrected chi connectivity index (χ3v) is 7.92. The number of anilines is 1. The van der Waals surface area contributed by atoms with Gasteiger partial charge in [0.2, 0.25) is 5.91 Å². The number of halogens is 1. The molecule has 0 saturated heterocycles. The van der Waals surface area contributed by atoms with Crippen molar-refractivity contribution >= 4 is 40.4 Å². The van der Waals surface area contributed by atoms with Gasteiger partial charge < -0.3 is 25.0 Å². The van der Waals surface area contributed by atoms with Crippen LogP contribution < -0.4 is 10.6 Å². The van der Waals surface area contributed by atoms with E-state index in [-0.39, 0.29) is 24.0 Å². The molecule has 2 aromatic rings. The van der Waals surface area contributed by atoms with Crippen molar-refractivity contribution in [1.82, 2.24) is 10.2 Å². The van der Waals surface area contributed by atoms with Crippen molar-refractivity contribution in [3.8, 4) is 0 Å². The number of hydrogen-bond acceptors (Lipinski definition) is 6. The maximum Gasteiger partial charge on any atom is 0.262 e. The quantitative estimate of drug-likeness (QED) is 0.647. The molecule has 9 heteroatoms. The zero-order chi connectivity index (χ0) is 23.6. The lowest BCUT2D eigenvalue weighted by atomic mass is 9.94. The van der Waals surface area contributed by atoms with E-state index < -0.39 is 5.54 Å². The van der Waals surface area contributed by atoms with Crippen molar-refractivity contribution in [2.75, 3.05) is 39.7 Å². The van der Waals surface area contributed by atoms with Gasteiger partial charge in [0, 0.05) is 45.8 Å². The smallest absolute Gasteiger partial charge is 0.262 e. The molecule has 2 unspecified atom stereocenters. The molecule has 1 aromatic heterocycles. The molecule has 178 valence electrons. The molecule has 2 aliphatic rings. The summed E-state index contributed by atoms with van der Waals surface area (Å²) in [6.07, 6.45) is 1.94. The highest BCUT2D eigenvalue weighted by molar-refractivity contribution is 7.18. The summed E-state index contributed by atoms with van der Waals surface area (Å²) in [5, 5.41) is 6.04. The van der Waals surface area contributed by atoms with Crippen molar-refractivity contribution in [2.24, 2.45) is 0 Å². The molecule has 0 bridgehead atoms. The number of rotatable bonds is 6. The summed E-state index contributed by atoms with van der Waals surface area (Å²) in [5.74, 6) is -0.607. The summed E-state index contributed by atoms with van der Waals surface area (Å²) < 4.78 is 11.7. The summed E-state index contributed by atoms with van der Waals surface area (Å²) in [7, 11) is 5.31. The van der Waals surface area contributed by atoms with Gasteiger partial charge >= 0.3 is 0 Å². The average Bonchev–Trinajstić information content (AvgIpc) is 3.35. The number of nitrogens with zero attached hydrogens (tertiary/aromatic N) is 1. The lowest BCUT2D eigenvalue weighted by Crippen LogP contribution is -2.55. The van der Waals surface area contributed by atoms with Crippen LogP contribution in [0.2, 0.25) is 4.34 Å². The summed E-state index contributed by atoms with van der Waals surface area (Å²) in [6.45, 7) is 2.01. The standard InChI is InChI=1S/C24H30ClN3O4S/c1-28-10-8-15-4-5-17(12-16(15)9-11-28)26-23(30)24(13-18(31-2)19(14-24)32-3)27-22(29)20-6-7-21(25)33-20/h4-7,12,18-19H,8-11,13-14H2,1-3H3,(H,26,30)(H,27,29). The number of thiophene rings is 1. The molecule has 1 saturated carbocycles. The Balaban J connectivity index is 1.58. The first kappa shape index (κ1) is 24.2. The Hall–Kier alpha value is -1.97. The van der Waals surface area contributed by atoms with E-state index >= 15 is 0 Å². The number of fused-ring (bicyclic) bond motifs is 1. The zero-order valence-corrected chi connectivity index (χ0v) is 20.7. The van der Waals surface area contributed by atoms with Crippen LogP contribution in [-0.4, -0.2) is 68.8 Å². The summed E-state index contributed by atoms with van der Waals surface area (Å²) in [4.78, 5) is 29.4. The van der Waals surface area contributed by atoms with Crippen molar-refractivity contribution < 1.29 is 19.1 Å². The number of nitrogens with one attached hydrogen (secondary N) is 2. The molecule has 0 radical (unpaired) electrons. The second-order valence-electron chi connectivity index (χ2n) is 8.84. The number of methoxy groups -OCH3 is 2. The van der Waals surface area contributed by atoms with Crippen LogP contribution in [-0.2, 0) is 27.1 Å². The van der Waals surface area contributed by atoms with Gasteiger partial charge in [0.1, 0.15) is 5.54 Å². The van der Waals surface area contributed by atoms with Gasteiger partial charge in [-0.3, -0.25) is 9.59 Å². The Morgan fingerprint density at radius 2 is 1.73 bits per heavy atom. The molecule has 2 amide bonds. The fourth-order valence-corrected chi connectivity index (χ4v) is 5.67. The average molecular weight is 492 g/mol. The number of carbonyl (C=O) groups is 2. The van der Waals surface area contributed by atoms with Gasteiger partial charge in [-0.15, -0.1) is 11.3 Å². The largest absolute Gasteiger partial charge is 0.379 e. The first-order valence-electron chi connectivity index (χ1n) is 11.1. The molecular weight excluding hydrogens is 462 g/mol. The van der Waals surface area contributed by atoms with Gasteiger partial charge in [-0.1, -0.05) is 17.7 Å². The fraction of sp³-hybridized carbons (Fsp3) is 0.500. The molecule has 1 aromatic carbocycles. The minimum atomic E-state index is -1.16. The molecule has 4 rings (SSSR count). The molecule has 2 atom stereocenters. The topological polar surface area (TPSA) is 79.9 Å². The zero-order valence-electron chi connectivity index (χ0n) is 19.2. The number of ether oxygens (including phenoxy) is 2. The van der Waals surface area contributed by atoms with Crippen LogP contribution in [0.5, 0.6) is 0 Å². The maximum absolute atomic E-state index is 13.7. The molecule has 33 heavy (non-hydrogen) atoms. The third kappa shape index (κ3) is 5.25. The van der Waals surface area contributed by atoms with E-state index in [4.69, 9.17) is 21.1 Å². The SMILES string of the molecule is COC1CC(NC(=O)c2ccc(Cl)s2)(C(=O)Nc2ccc3c(c2)CCN(C)CC3)CC1OC. The van der Waals surface area contributed by atoms with Crippen LogP contribution in [0.3, 0.4) is 0 Å². The van der Waals surface area contributed by atoms with E-state index in [9.17, 15) is 9.59 Å². The molecular formula is C24H30ClN3O4S. The Morgan fingerprint density at radius 3 is 2.33 bits per heavy atom. The predicted molar refractivity (Wildman–Crippen MR) is 130 cm³/mol. The Morgan fingerprint density at radius 1 is 1.06 bits per heavy atom. The number of hydrogen-bond donors (Lipinski definition) is 2. The summed E-state index contributed by atoms with van der Waals surface area (Å²) in [5.41, 5.74) is 2.13. The highest BCUT2D eigenvalue weighted by Crippen LogP contribution is 2.36. The lowest BCUT2D eigenvalue weighted by Gasteiger charge is -2.29. The number of carbonyl (C=O) groups excluding carboxylic acids is 2. The molecule has 0 spiro atoms. The van der Waals surface area contributed by atoms with Crippen molar-refractivity contribution in [1.29, 1.82) is 0 Å². The van der Waals surface area contributed by atoms with E-state index in [2.05, 4.69) is 34.7 Å². The first-order chi connectivity index (χ1) is 15.8. The van der Waals surface area contributed by atoms with E-state index in [1.165, 1.54) is 22.5 Å². The second kappa shape index (κ2) is 10.1. The van der Waals surface area contributed by atoms with Gasteiger partial charge in [-0.05, 0) is 55.3 Å². The molecule has 7 nitrogen and oxygen atoms in total. The number of benzene rings is 1. The normalized spacial score (nSPS) is 25.3. The summed E-state index contributed by atoms with van der Waals surface area (Å²) in [6, 6.07) is 9.41. The van der Waals surface area contributed by atoms with E-state index in [0.29, 0.717) is 22.1 Å². The second-order valence-corrected chi connectivity index (χ2v) is 10.6. The number of amides is 2. The van der Waals surface area contributed by atoms with Gasteiger partial charge in [0.25, 0.3) is 5.91 Å². The van der Waals surface area contributed by atoms with Crippen LogP contribution in [0.1, 0.15) is 33.6 Å². The Bertz CT molecular complexity index is 1010. The minimum absolute atomic E-state index is 0.272.